The zero-order valence-corrected chi connectivity index (χ0v) is 12.8. The molecule has 6 fully saturated rings. The summed E-state index contributed by atoms with van der Waals surface area (Å²) in [7, 11) is 0. The largest absolute Gasteiger partial charge is 0.0527 e. The summed E-state index contributed by atoms with van der Waals surface area (Å²) in [6.07, 6.45) is 16.3. The molecule has 0 nitrogen and oxygen atoms in total. The SMILES string of the molecule is C1C[C@@H]2[C@H](C1)[C@@H]1CC[C@H]3C1C1[C@@H](CC[C@@H]12)[C@H]1CCC[C@H]13. The van der Waals surface area contributed by atoms with Gasteiger partial charge in [0.1, 0.15) is 0 Å². The first-order chi connectivity index (χ1) is 9.93. The molecule has 0 aromatic rings. The van der Waals surface area contributed by atoms with Gasteiger partial charge in [-0.15, -0.1) is 0 Å². The highest BCUT2D eigenvalue weighted by Gasteiger charge is 2.65. The number of hydrogen-bond acceptors (Lipinski definition) is 0. The Bertz CT molecular complexity index is 350. The van der Waals surface area contributed by atoms with Gasteiger partial charge in [0, 0.05) is 0 Å². The summed E-state index contributed by atoms with van der Waals surface area (Å²) in [6.45, 7) is 0. The van der Waals surface area contributed by atoms with Gasteiger partial charge in [0.15, 0.2) is 0 Å². The first kappa shape index (κ1) is 11.6. The maximum atomic E-state index is 1.65. The van der Waals surface area contributed by atoms with Gasteiger partial charge in [-0.05, 0) is 111 Å². The smallest absolute Gasteiger partial charge is 0.0318 e. The molecule has 0 N–H and O–H groups in total. The fraction of sp³-hybridized carbons (Fsp3) is 1.00. The van der Waals surface area contributed by atoms with Gasteiger partial charge in [-0.2, -0.15) is 0 Å². The molecule has 0 amide bonds. The molecule has 110 valence electrons. The lowest BCUT2D eigenvalue weighted by molar-refractivity contribution is -0.0702. The second kappa shape index (κ2) is 3.85. The molecular weight excluding hydrogens is 240 g/mol. The Morgan fingerprint density at radius 1 is 0.300 bits per heavy atom. The van der Waals surface area contributed by atoms with Crippen LogP contribution in [0.2, 0.25) is 0 Å². The molecule has 0 saturated heterocycles. The Hall–Kier alpha value is 0. The number of fused-ring (bicyclic) bond motifs is 6. The van der Waals surface area contributed by atoms with E-state index in [4.69, 9.17) is 0 Å². The zero-order valence-electron chi connectivity index (χ0n) is 12.8. The number of rotatable bonds is 0. The van der Waals surface area contributed by atoms with E-state index in [1.807, 2.05) is 0 Å². The van der Waals surface area contributed by atoms with Crippen molar-refractivity contribution in [2.45, 2.75) is 64.2 Å². The molecule has 0 aromatic carbocycles. The van der Waals surface area contributed by atoms with Crippen LogP contribution in [0.15, 0.2) is 0 Å². The topological polar surface area (TPSA) is 0 Å². The van der Waals surface area contributed by atoms with Gasteiger partial charge in [-0.25, -0.2) is 0 Å². The summed E-state index contributed by atoms with van der Waals surface area (Å²) in [4.78, 5) is 0. The van der Waals surface area contributed by atoms with Crippen LogP contribution in [0.5, 0.6) is 0 Å². The van der Waals surface area contributed by atoms with Gasteiger partial charge in [0.2, 0.25) is 0 Å². The van der Waals surface area contributed by atoms with Gasteiger partial charge < -0.3 is 0 Å². The van der Waals surface area contributed by atoms with Crippen molar-refractivity contribution in [3.63, 3.8) is 0 Å². The Balaban J connectivity index is 1.48. The summed E-state index contributed by atoms with van der Waals surface area (Å²) in [5, 5.41) is 0. The molecule has 6 saturated carbocycles. The summed E-state index contributed by atoms with van der Waals surface area (Å²) >= 11 is 0. The Morgan fingerprint density at radius 3 is 0.900 bits per heavy atom. The van der Waals surface area contributed by atoms with E-state index in [1.54, 1.807) is 64.2 Å². The van der Waals surface area contributed by atoms with E-state index >= 15 is 0 Å². The minimum Gasteiger partial charge on any atom is -0.0527 e. The predicted molar refractivity (Wildman–Crippen MR) is 81.1 cm³/mol. The Morgan fingerprint density at radius 2 is 0.600 bits per heavy atom. The van der Waals surface area contributed by atoms with Crippen molar-refractivity contribution in [2.24, 2.45) is 59.2 Å². The second-order valence-corrected chi connectivity index (χ2v) is 9.48. The lowest BCUT2D eigenvalue weighted by atomic mass is 9.50. The molecule has 0 radical (unpaired) electrons. The normalized spacial score (nSPS) is 66.0. The van der Waals surface area contributed by atoms with Crippen LogP contribution in [0.4, 0.5) is 0 Å². The van der Waals surface area contributed by atoms with Crippen molar-refractivity contribution >= 4 is 0 Å². The summed E-state index contributed by atoms with van der Waals surface area (Å²) in [5.74, 6) is 12.1. The van der Waals surface area contributed by atoms with Crippen molar-refractivity contribution in [3.8, 4) is 0 Å². The van der Waals surface area contributed by atoms with E-state index in [-0.39, 0.29) is 0 Å². The van der Waals surface area contributed by atoms with E-state index in [0.717, 1.165) is 0 Å². The van der Waals surface area contributed by atoms with Crippen molar-refractivity contribution in [1.29, 1.82) is 0 Å². The zero-order chi connectivity index (χ0) is 12.8. The molecule has 0 bridgehead atoms. The summed E-state index contributed by atoms with van der Waals surface area (Å²) in [6, 6.07) is 0. The highest BCUT2D eigenvalue weighted by molar-refractivity contribution is 5.13. The fourth-order valence-corrected chi connectivity index (χ4v) is 9.48. The maximum Gasteiger partial charge on any atom is -0.0318 e. The molecule has 0 heterocycles. The predicted octanol–water partition coefficient (Wildman–Crippen LogP) is 5.13. The first-order valence-corrected chi connectivity index (χ1v) is 9.93. The monoisotopic (exact) mass is 270 g/mol. The van der Waals surface area contributed by atoms with E-state index in [9.17, 15) is 0 Å². The highest BCUT2D eigenvalue weighted by atomic mass is 14.7. The molecular formula is C20H30. The quantitative estimate of drug-likeness (QED) is 0.572. The summed E-state index contributed by atoms with van der Waals surface area (Å²) < 4.78 is 0. The lowest BCUT2D eigenvalue weighted by Crippen LogP contribution is -2.50. The third-order valence-electron chi connectivity index (χ3n) is 9.54. The minimum atomic E-state index is 1.20. The number of hydrogen-bond donors (Lipinski definition) is 0. The lowest BCUT2D eigenvalue weighted by Gasteiger charge is -2.54. The van der Waals surface area contributed by atoms with E-state index in [0.29, 0.717) is 0 Å². The van der Waals surface area contributed by atoms with Crippen LogP contribution in [0, 0.1) is 59.2 Å². The molecule has 6 aliphatic carbocycles. The molecule has 6 aliphatic rings. The molecule has 6 rings (SSSR count). The second-order valence-electron chi connectivity index (χ2n) is 9.48. The van der Waals surface area contributed by atoms with Crippen LogP contribution in [-0.2, 0) is 0 Å². The van der Waals surface area contributed by atoms with Gasteiger partial charge >= 0.3 is 0 Å². The third-order valence-corrected chi connectivity index (χ3v) is 9.54. The van der Waals surface area contributed by atoms with Gasteiger partial charge in [-0.3, -0.25) is 0 Å². The minimum absolute atomic E-state index is 1.20. The van der Waals surface area contributed by atoms with Crippen molar-refractivity contribution in [1.82, 2.24) is 0 Å². The van der Waals surface area contributed by atoms with Gasteiger partial charge in [0.05, 0.1) is 0 Å². The molecule has 0 spiro atoms. The highest BCUT2D eigenvalue weighted by Crippen LogP contribution is 2.71. The van der Waals surface area contributed by atoms with E-state index < -0.39 is 0 Å². The van der Waals surface area contributed by atoms with Crippen LogP contribution in [0.1, 0.15) is 64.2 Å². The molecule has 10 atom stereocenters. The van der Waals surface area contributed by atoms with Gasteiger partial charge in [0.25, 0.3) is 0 Å². The molecule has 0 aromatic heterocycles. The third kappa shape index (κ3) is 1.19. The van der Waals surface area contributed by atoms with Crippen LogP contribution >= 0.6 is 0 Å². The summed E-state index contributed by atoms with van der Waals surface area (Å²) in [5.41, 5.74) is 0. The van der Waals surface area contributed by atoms with Crippen LogP contribution in [-0.4, -0.2) is 0 Å². The molecule has 20 heavy (non-hydrogen) atoms. The fourth-order valence-electron chi connectivity index (χ4n) is 9.48. The standard InChI is InChI=1S/C20H30/c1-3-11-12(4-1)16-8-10-18-14-6-2-5-13(14)17-9-7-15(11)19(17)20(16)18/h11-20H,1-10H2/t11-,12+,13+,14-,15-,16+,17+,18-,19?,20?. The van der Waals surface area contributed by atoms with E-state index in [1.165, 1.54) is 59.2 Å². The average Bonchev–Trinajstić information content (AvgIpc) is 3.21. The van der Waals surface area contributed by atoms with Crippen molar-refractivity contribution in [2.75, 3.05) is 0 Å². The van der Waals surface area contributed by atoms with Crippen LogP contribution < -0.4 is 0 Å². The Kier molecular flexibility index (Phi) is 2.22. The van der Waals surface area contributed by atoms with Crippen molar-refractivity contribution < 1.29 is 0 Å². The average molecular weight is 270 g/mol. The molecule has 2 unspecified atom stereocenters. The molecule has 0 heteroatoms. The van der Waals surface area contributed by atoms with Crippen molar-refractivity contribution in [3.05, 3.63) is 0 Å². The van der Waals surface area contributed by atoms with Gasteiger partial charge in [-0.1, -0.05) is 12.8 Å². The van der Waals surface area contributed by atoms with Crippen LogP contribution in [0.25, 0.3) is 0 Å². The maximum absolute atomic E-state index is 1.65. The molecule has 0 aliphatic heterocycles. The Labute approximate surface area is 124 Å². The first-order valence-electron chi connectivity index (χ1n) is 9.93. The van der Waals surface area contributed by atoms with Crippen LogP contribution in [0.3, 0.4) is 0 Å². The van der Waals surface area contributed by atoms with E-state index in [2.05, 4.69) is 0 Å².